The number of rotatable bonds is 5. The van der Waals surface area contributed by atoms with Crippen molar-refractivity contribution in [3.05, 3.63) is 35.1 Å². The molecule has 1 unspecified atom stereocenters. The highest BCUT2D eigenvalue weighted by molar-refractivity contribution is 7.89. The van der Waals surface area contributed by atoms with E-state index >= 15 is 0 Å². The van der Waals surface area contributed by atoms with Gasteiger partial charge in [0.15, 0.2) is 0 Å². The van der Waals surface area contributed by atoms with Gasteiger partial charge in [0.05, 0.1) is 6.04 Å². The number of hydrogen-bond donors (Lipinski definition) is 0. The van der Waals surface area contributed by atoms with Gasteiger partial charge < -0.3 is 4.90 Å². The lowest BCUT2D eigenvalue weighted by atomic mass is 9.93. The number of fused-ring (bicyclic) bond motifs is 1. The van der Waals surface area contributed by atoms with Gasteiger partial charge in [0.25, 0.3) is 0 Å². The number of nitrogens with zero attached hydrogens (tertiary/aromatic N) is 2. The lowest BCUT2D eigenvalue weighted by Gasteiger charge is -2.35. The van der Waals surface area contributed by atoms with Crippen molar-refractivity contribution in [3.8, 4) is 0 Å². The highest BCUT2D eigenvalue weighted by atomic mass is 32.2. The Kier molecular flexibility index (Phi) is 5.41. The Hall–Kier alpha value is -1.47. The van der Waals surface area contributed by atoms with E-state index in [1.54, 1.807) is 24.8 Å². The molecule has 0 radical (unpaired) electrons. The minimum Gasteiger partial charge on any atom is -0.335 e. The lowest BCUT2D eigenvalue weighted by molar-refractivity contribution is -0.131. The van der Waals surface area contributed by atoms with Crippen LogP contribution in [0.2, 0.25) is 0 Å². The van der Waals surface area contributed by atoms with Crippen molar-refractivity contribution in [3.63, 3.8) is 0 Å². The van der Waals surface area contributed by atoms with Crippen molar-refractivity contribution in [1.29, 1.82) is 0 Å². The summed E-state index contributed by atoms with van der Waals surface area (Å²) in [5.74, 6) is -1.21. The van der Waals surface area contributed by atoms with E-state index in [0.717, 1.165) is 11.1 Å². The maximum atomic E-state index is 13.3. The van der Waals surface area contributed by atoms with Crippen LogP contribution in [0.15, 0.2) is 18.2 Å². The normalized spacial score (nSPS) is 18.1. The number of sulfonamides is 1. The predicted octanol–water partition coefficient (Wildman–Crippen LogP) is 1.94. The molecular weight excluding hydrogens is 319 g/mol. The highest BCUT2D eigenvalue weighted by Gasteiger charge is 2.31. The molecular formula is C16H23FN2O3S. The Morgan fingerprint density at radius 3 is 2.61 bits per heavy atom. The van der Waals surface area contributed by atoms with Crippen LogP contribution in [0.25, 0.3) is 0 Å². The van der Waals surface area contributed by atoms with Gasteiger partial charge in [0.1, 0.15) is 11.6 Å². The van der Waals surface area contributed by atoms with Crippen LogP contribution in [0.3, 0.4) is 0 Å². The van der Waals surface area contributed by atoms with Crippen molar-refractivity contribution < 1.29 is 17.6 Å². The van der Waals surface area contributed by atoms with E-state index in [1.807, 2.05) is 6.92 Å². The van der Waals surface area contributed by atoms with Crippen molar-refractivity contribution >= 4 is 15.9 Å². The van der Waals surface area contributed by atoms with Gasteiger partial charge in [-0.3, -0.25) is 4.79 Å². The Morgan fingerprint density at radius 2 is 2.00 bits per heavy atom. The van der Waals surface area contributed by atoms with E-state index in [1.165, 1.54) is 16.4 Å². The van der Waals surface area contributed by atoms with Gasteiger partial charge in [0, 0.05) is 19.6 Å². The van der Waals surface area contributed by atoms with Crippen molar-refractivity contribution in [2.75, 3.05) is 25.4 Å². The first-order valence-corrected chi connectivity index (χ1v) is 9.46. The summed E-state index contributed by atoms with van der Waals surface area (Å²) in [5.41, 5.74) is 1.76. The molecule has 1 aromatic carbocycles. The largest absolute Gasteiger partial charge is 0.335 e. The van der Waals surface area contributed by atoms with Crippen LogP contribution < -0.4 is 0 Å². The third kappa shape index (κ3) is 3.72. The molecule has 1 heterocycles. The first kappa shape index (κ1) is 17.9. The predicted molar refractivity (Wildman–Crippen MR) is 86.9 cm³/mol. The van der Waals surface area contributed by atoms with E-state index in [9.17, 15) is 17.6 Å². The number of hydrogen-bond acceptors (Lipinski definition) is 3. The quantitative estimate of drug-likeness (QED) is 0.822. The summed E-state index contributed by atoms with van der Waals surface area (Å²) in [4.78, 5) is 14.1. The zero-order valence-corrected chi connectivity index (χ0v) is 14.6. The lowest BCUT2D eigenvalue weighted by Crippen LogP contribution is -2.44. The summed E-state index contributed by atoms with van der Waals surface area (Å²) in [6.45, 7) is 6.45. The molecule has 128 valence electrons. The minimum atomic E-state index is -3.60. The number of amides is 1. The number of carbonyl (C=O) groups is 1. The first-order chi connectivity index (χ1) is 10.8. The molecule has 1 amide bonds. The van der Waals surface area contributed by atoms with Crippen LogP contribution in [0.1, 0.15) is 37.9 Å². The van der Waals surface area contributed by atoms with Crippen molar-refractivity contribution in [2.45, 2.75) is 33.2 Å². The van der Waals surface area contributed by atoms with Crippen LogP contribution in [-0.4, -0.2) is 48.9 Å². The molecule has 2 rings (SSSR count). The van der Waals surface area contributed by atoms with Gasteiger partial charge in [-0.05, 0) is 36.6 Å². The van der Waals surface area contributed by atoms with Crippen LogP contribution >= 0.6 is 0 Å². The molecule has 0 fully saturated rings. The molecule has 23 heavy (non-hydrogen) atoms. The Labute approximate surface area is 137 Å². The molecule has 7 heteroatoms. The Morgan fingerprint density at radius 1 is 1.35 bits per heavy atom. The van der Waals surface area contributed by atoms with Gasteiger partial charge in [-0.15, -0.1) is 0 Å². The molecule has 1 aliphatic heterocycles. The molecule has 5 nitrogen and oxygen atoms in total. The van der Waals surface area contributed by atoms with Crippen molar-refractivity contribution in [1.82, 2.24) is 9.21 Å². The first-order valence-electron chi connectivity index (χ1n) is 7.85. The fraction of sp³-hybridized carbons (Fsp3) is 0.562. The van der Waals surface area contributed by atoms with E-state index in [2.05, 4.69) is 0 Å². The monoisotopic (exact) mass is 342 g/mol. The maximum absolute atomic E-state index is 13.3. The topological polar surface area (TPSA) is 57.7 Å². The van der Waals surface area contributed by atoms with E-state index < -0.39 is 21.7 Å². The second kappa shape index (κ2) is 6.97. The molecule has 0 aromatic heterocycles. The summed E-state index contributed by atoms with van der Waals surface area (Å²) in [6, 6.07) is 4.28. The van der Waals surface area contributed by atoms with Gasteiger partial charge >= 0.3 is 0 Å². The summed E-state index contributed by atoms with van der Waals surface area (Å²) in [7, 11) is -3.60. The Balaban J connectivity index is 2.17. The number of carbonyl (C=O) groups excluding carboxylic acids is 1. The molecule has 1 aliphatic rings. The third-order valence-corrected chi connectivity index (χ3v) is 6.28. The second-order valence-corrected chi connectivity index (χ2v) is 7.67. The smallest absolute Gasteiger partial charge is 0.239 e. The summed E-state index contributed by atoms with van der Waals surface area (Å²) in [6.07, 6.45) is 0.536. The zero-order valence-electron chi connectivity index (χ0n) is 13.8. The van der Waals surface area contributed by atoms with Gasteiger partial charge in [0.2, 0.25) is 15.9 Å². The van der Waals surface area contributed by atoms with Gasteiger partial charge in [-0.25, -0.2) is 17.1 Å². The molecule has 0 bridgehead atoms. The molecule has 0 N–H and O–H groups in total. The molecule has 0 spiro atoms. The minimum absolute atomic E-state index is 0.251. The Bertz CT molecular complexity index is 687. The van der Waals surface area contributed by atoms with E-state index in [-0.39, 0.29) is 11.9 Å². The molecule has 0 aliphatic carbocycles. The summed E-state index contributed by atoms with van der Waals surface area (Å²) in [5, 5.41) is 0. The average molecular weight is 342 g/mol. The van der Waals surface area contributed by atoms with Gasteiger partial charge in [-0.1, -0.05) is 19.9 Å². The summed E-state index contributed by atoms with van der Waals surface area (Å²) < 4.78 is 39.1. The second-order valence-electron chi connectivity index (χ2n) is 5.70. The van der Waals surface area contributed by atoms with Crippen LogP contribution in [-0.2, 0) is 21.2 Å². The standard InChI is InChI=1S/C16H23FN2O3S/c1-4-18(5-2)23(21,22)11-16(20)19-9-8-13-10-14(17)6-7-15(13)12(19)3/h6-7,10,12H,4-5,8-9,11H2,1-3H3. The molecule has 1 atom stereocenters. The number of benzene rings is 1. The van der Waals surface area contributed by atoms with Crippen molar-refractivity contribution in [2.24, 2.45) is 0 Å². The molecule has 0 saturated heterocycles. The van der Waals surface area contributed by atoms with E-state index in [4.69, 9.17) is 0 Å². The van der Waals surface area contributed by atoms with Crippen LogP contribution in [0.5, 0.6) is 0 Å². The number of halogens is 1. The van der Waals surface area contributed by atoms with E-state index in [0.29, 0.717) is 26.1 Å². The molecule has 1 aromatic rings. The highest BCUT2D eigenvalue weighted by Crippen LogP contribution is 2.30. The fourth-order valence-corrected chi connectivity index (χ4v) is 4.54. The zero-order chi connectivity index (χ0) is 17.2. The van der Waals surface area contributed by atoms with Crippen LogP contribution in [0, 0.1) is 5.82 Å². The average Bonchev–Trinajstić information content (AvgIpc) is 2.47. The third-order valence-electron chi connectivity index (χ3n) is 4.37. The summed E-state index contributed by atoms with van der Waals surface area (Å²) >= 11 is 0. The van der Waals surface area contributed by atoms with Gasteiger partial charge in [-0.2, -0.15) is 0 Å². The SMILES string of the molecule is CCN(CC)S(=O)(=O)CC(=O)N1CCc2cc(F)ccc2C1C. The molecule has 0 saturated carbocycles. The van der Waals surface area contributed by atoms with Crippen LogP contribution in [0.4, 0.5) is 4.39 Å². The fourth-order valence-electron chi connectivity index (χ4n) is 3.09. The maximum Gasteiger partial charge on any atom is 0.239 e.